The number of hydrogen-bond donors (Lipinski definition) is 8. The van der Waals surface area contributed by atoms with Gasteiger partial charge in [0.1, 0.15) is 0 Å². The van der Waals surface area contributed by atoms with Gasteiger partial charge in [0.05, 0.1) is 6.54 Å². The maximum Gasteiger partial charge on any atom is 0.412 e. The molecule has 0 bridgehead atoms. The predicted molar refractivity (Wildman–Crippen MR) is 546 cm³/mol. The SMILES string of the molecule is C1CCCCC1.O=C(CCCCl)Oc1cc(CCCCc2ccc(OC(=O)CCCCl)c(OC(=O)NCCCl)c2)ccc1OC(=O)NCCCl.O=C(CCCN1CCCCC1)Oc1cc(CCCCc2ccc(OC(=O)CCCN3CCCCC3)c(OC(=O)NCCN3CCCCC3)c2)ccc1OC(=O)NCCN1CCCCC1.O=C=NCCCl.Oc1ccc(CCCCc2ccc(O)c(O)c2)cc1O. The summed E-state index contributed by atoms with van der Waals surface area (Å²) in [6.45, 7) is 13.5. The number of aryl methyl sites for hydroxylation is 6. The van der Waals surface area contributed by atoms with Gasteiger partial charge in [-0.2, -0.15) is 0 Å². The molecule has 772 valence electrons. The van der Waals surface area contributed by atoms with E-state index in [1.54, 1.807) is 78.9 Å². The van der Waals surface area contributed by atoms with E-state index in [0.29, 0.717) is 88.6 Å². The topological polar surface area (TPSA) is 382 Å². The fraction of sp³-hybridized carbons (Fsp3) is 0.571. The molecule has 1 aliphatic carbocycles. The van der Waals surface area contributed by atoms with Crippen LogP contribution in [0.3, 0.4) is 0 Å². The summed E-state index contributed by atoms with van der Waals surface area (Å²) in [4.78, 5) is 122. The molecule has 0 unspecified atom stereocenters. The average Bonchev–Trinajstić information content (AvgIpc) is 0.851. The highest BCUT2D eigenvalue weighted by atomic mass is 35.5. The van der Waals surface area contributed by atoms with Crippen LogP contribution >= 0.6 is 58.0 Å². The number of carbonyl (C=O) groups is 8. The van der Waals surface area contributed by atoms with Gasteiger partial charge in [-0.1, -0.05) is 101 Å². The quantitative estimate of drug-likeness (QED) is 0.00334. The molecule has 1 saturated carbocycles. The Morgan fingerprint density at radius 1 is 0.271 bits per heavy atom. The Hall–Kier alpha value is -9.85. The highest BCUT2D eigenvalue weighted by Gasteiger charge is 2.24. The van der Waals surface area contributed by atoms with Crippen molar-refractivity contribution in [2.45, 2.75) is 244 Å². The molecule has 8 N–H and O–H groups in total. The number of aliphatic imine (C=N–C) groups is 1. The Morgan fingerprint density at radius 2 is 0.514 bits per heavy atom. The largest absolute Gasteiger partial charge is 0.504 e. The number of nitrogens with one attached hydrogen (secondary N) is 4. The van der Waals surface area contributed by atoms with Crippen LogP contribution in [0.4, 0.5) is 19.2 Å². The zero-order chi connectivity index (χ0) is 100. The zero-order valence-corrected chi connectivity index (χ0v) is 85.0. The molecule has 4 amide bonds. The van der Waals surface area contributed by atoms with E-state index in [4.69, 9.17) is 95.9 Å². The monoisotopic (exact) mass is 2040 g/mol. The third kappa shape index (κ3) is 50.7. The number of benzene rings is 6. The highest BCUT2D eigenvalue weighted by Crippen LogP contribution is 2.36. The molecule has 35 heteroatoms. The molecule has 5 fully saturated rings. The number of unbranched alkanes of at least 4 members (excludes halogenated alkanes) is 3. The zero-order valence-electron chi connectivity index (χ0n) is 81.2. The number of likely N-dealkylation sites (tertiary alicyclic amines) is 4. The fourth-order valence-electron chi connectivity index (χ4n) is 16.3. The number of esters is 4. The van der Waals surface area contributed by atoms with Crippen LogP contribution in [0.1, 0.15) is 239 Å². The number of alkyl halides is 5. The molecule has 0 atom stereocenters. The van der Waals surface area contributed by atoms with Crippen LogP contribution in [-0.2, 0) is 62.5 Å². The summed E-state index contributed by atoms with van der Waals surface area (Å²) < 4.78 is 44.8. The number of rotatable bonds is 49. The third-order valence-electron chi connectivity index (χ3n) is 23.8. The van der Waals surface area contributed by atoms with E-state index in [-0.39, 0.29) is 125 Å². The number of phenolic OH excluding ortho intramolecular Hbond substituents is 4. The van der Waals surface area contributed by atoms with Crippen LogP contribution in [0.15, 0.2) is 114 Å². The molecule has 0 spiro atoms. The number of nitrogens with zero attached hydrogens (tertiary/aromatic N) is 5. The highest BCUT2D eigenvalue weighted by molar-refractivity contribution is 6.19. The Bertz CT molecular complexity index is 4410. The molecule has 0 radical (unpaired) electrons. The van der Waals surface area contributed by atoms with Crippen LogP contribution in [0, 0.1) is 0 Å². The summed E-state index contributed by atoms with van der Waals surface area (Å²) in [5.74, 6) is 0.833. The first-order valence-corrected chi connectivity index (χ1v) is 52.7. The second kappa shape index (κ2) is 71.6. The summed E-state index contributed by atoms with van der Waals surface area (Å²) in [6.07, 6.45) is 34.9. The summed E-state index contributed by atoms with van der Waals surface area (Å²) in [6, 6.07) is 30.7. The lowest BCUT2D eigenvalue weighted by atomic mass is 10.0. The van der Waals surface area contributed by atoms with Crippen molar-refractivity contribution in [1.82, 2.24) is 40.9 Å². The minimum absolute atomic E-state index is 0.0917. The Balaban J connectivity index is 0.000000298. The minimum atomic E-state index is -0.719. The van der Waals surface area contributed by atoms with Crippen molar-refractivity contribution in [3.05, 3.63) is 143 Å². The maximum atomic E-state index is 13.1. The van der Waals surface area contributed by atoms with Gasteiger partial charge in [-0.25, -0.2) is 29.0 Å². The number of phenols is 4. The molecule has 11 rings (SSSR count). The molecule has 4 heterocycles. The van der Waals surface area contributed by atoms with Gasteiger partial charge in [0.2, 0.25) is 6.08 Å². The Labute approximate surface area is 850 Å². The first kappa shape index (κ1) is 117. The second-order valence-corrected chi connectivity index (χ2v) is 37.0. The molecular formula is C105H146Cl5N9O21. The van der Waals surface area contributed by atoms with Crippen molar-refractivity contribution in [2.24, 2.45) is 4.99 Å². The smallest absolute Gasteiger partial charge is 0.412 e. The number of hydrogen-bond acceptors (Lipinski definition) is 26. The van der Waals surface area contributed by atoms with Crippen molar-refractivity contribution < 1.29 is 101 Å². The average molecular weight is 2050 g/mol. The van der Waals surface area contributed by atoms with E-state index < -0.39 is 36.3 Å². The van der Waals surface area contributed by atoms with E-state index in [9.17, 15) is 63.6 Å². The molecule has 4 saturated heterocycles. The van der Waals surface area contributed by atoms with Crippen molar-refractivity contribution >= 4 is 112 Å². The van der Waals surface area contributed by atoms with Crippen LogP contribution in [0.25, 0.3) is 0 Å². The number of amides is 4. The second-order valence-electron chi connectivity index (χ2n) is 35.1. The number of piperidine rings is 4. The van der Waals surface area contributed by atoms with E-state index in [1.165, 1.54) is 134 Å². The summed E-state index contributed by atoms with van der Waals surface area (Å²) in [5.41, 5.74) is 5.61. The molecule has 140 heavy (non-hydrogen) atoms. The molecular weight excluding hydrogens is 1900 g/mol. The standard InChI is InChI=1S/C50H76N6O8.C30H36Cl4N2O8.C16H18O4.C6H12.C3H4ClNO/c57-47(19-15-35-53-27-7-1-8-28-53)61-43-23-21-42(40-46(43)64-50(60)52-26-38-56-33-13-4-14-34-56)18-6-5-17-41-22-24-44(63-49(59)51-25-37-55-31-11-3-12-32-55)45(39-41)62-48(58)20-16-36-54-29-9-2-10-30-54;31-13-3-7-27(37)41-23-11-9-22(20-26(23)44-30(40)36-18-16-34)6-2-1-5-21-10-12-24(43-29(39)35-17-15-33)25(19-21)42-28(38)8-4-14-32;17-13-7-5-11(9-15(13)19)3-1-2-4-12-6-8-14(18)16(20)10-12;1-2-4-6-5-3-1;4-1-2-5-3-6/h21-24,39-40H,1-20,25-38H2,(H,51,59)(H,52,60);9-12,19-20H,1-8,13-18H2,(H,35,39)(H,36,40);5-10,17-20H,1-4H2;1-6H2;1-2H2. The van der Waals surface area contributed by atoms with Gasteiger partial charge >= 0.3 is 48.3 Å². The minimum Gasteiger partial charge on any atom is -0.504 e. The number of isocyanates is 1. The van der Waals surface area contributed by atoms with Gasteiger partial charge in [-0.05, 0) is 326 Å². The lowest BCUT2D eigenvalue weighted by molar-refractivity contribution is -0.135. The molecule has 6 aromatic rings. The van der Waals surface area contributed by atoms with Gasteiger partial charge in [0.15, 0.2) is 69.0 Å². The molecule has 4 aliphatic heterocycles. The Kier molecular flexibility index (Phi) is 59.9. The first-order valence-electron chi connectivity index (χ1n) is 50.0. The molecule has 6 aromatic carbocycles. The van der Waals surface area contributed by atoms with Gasteiger partial charge in [0.25, 0.3) is 0 Å². The lowest BCUT2D eigenvalue weighted by Gasteiger charge is -2.26. The number of ether oxygens (including phenoxy) is 8. The summed E-state index contributed by atoms with van der Waals surface area (Å²) in [5, 5.41) is 48.0. The Morgan fingerprint density at radius 3 is 0.786 bits per heavy atom. The van der Waals surface area contributed by atoms with Gasteiger partial charge in [0, 0.05) is 94.4 Å². The molecule has 0 aromatic heterocycles. The fourth-order valence-corrected chi connectivity index (χ4v) is 16.8. The van der Waals surface area contributed by atoms with Crippen molar-refractivity contribution in [3.8, 4) is 69.0 Å². The maximum absolute atomic E-state index is 13.1. The van der Waals surface area contributed by atoms with Crippen LogP contribution in [0.2, 0.25) is 0 Å². The lowest BCUT2D eigenvalue weighted by Crippen LogP contribution is -2.38. The molecule has 5 aliphatic rings. The molecule has 30 nitrogen and oxygen atoms in total. The van der Waals surface area contributed by atoms with Crippen molar-refractivity contribution in [1.29, 1.82) is 0 Å². The van der Waals surface area contributed by atoms with E-state index in [2.05, 4.69) is 45.9 Å². The van der Waals surface area contributed by atoms with E-state index >= 15 is 0 Å². The van der Waals surface area contributed by atoms with Crippen LogP contribution in [0.5, 0.6) is 69.0 Å². The number of aromatic hydroxyl groups is 4. The van der Waals surface area contributed by atoms with Gasteiger partial charge in [-0.15, -0.1) is 58.0 Å². The number of carbonyl (C=O) groups excluding carboxylic acids is 9. The van der Waals surface area contributed by atoms with E-state index in [1.807, 2.05) is 18.2 Å². The van der Waals surface area contributed by atoms with Crippen LogP contribution in [-0.4, -0.2) is 235 Å². The van der Waals surface area contributed by atoms with Gasteiger partial charge in [-0.3, -0.25) is 19.2 Å². The summed E-state index contributed by atoms with van der Waals surface area (Å²) >= 11 is 27.7. The first-order chi connectivity index (χ1) is 68.1. The summed E-state index contributed by atoms with van der Waals surface area (Å²) in [7, 11) is 0. The van der Waals surface area contributed by atoms with Crippen LogP contribution < -0.4 is 59.2 Å². The van der Waals surface area contributed by atoms with Gasteiger partial charge < -0.3 is 99.2 Å². The van der Waals surface area contributed by atoms with Crippen molar-refractivity contribution in [3.63, 3.8) is 0 Å². The predicted octanol–water partition coefficient (Wildman–Crippen LogP) is 20.5. The third-order valence-corrected chi connectivity index (χ3v) is 24.9. The van der Waals surface area contributed by atoms with E-state index in [0.717, 1.165) is 170 Å². The number of halogens is 5. The normalized spacial score (nSPS) is 14.3. The van der Waals surface area contributed by atoms with Crippen molar-refractivity contribution in [2.75, 3.05) is 141 Å².